The van der Waals surface area contributed by atoms with Crippen molar-refractivity contribution in [1.29, 1.82) is 0 Å². The van der Waals surface area contributed by atoms with Gasteiger partial charge in [-0.25, -0.2) is 0 Å². The fourth-order valence-corrected chi connectivity index (χ4v) is 2.66. The number of carbonyl (C=O) groups excluding carboxylic acids is 1. The number of carbonyl (C=O) groups is 1. The minimum absolute atomic E-state index is 0.0268. The number of hydrogen-bond acceptors (Lipinski definition) is 5. The number of aryl methyl sites for hydroxylation is 1. The van der Waals surface area contributed by atoms with E-state index in [-0.39, 0.29) is 12.7 Å². The molecule has 6 heteroatoms. The van der Waals surface area contributed by atoms with E-state index in [0.717, 1.165) is 28.4 Å². The van der Waals surface area contributed by atoms with Crippen LogP contribution in [-0.4, -0.2) is 44.3 Å². The molecule has 0 saturated heterocycles. The summed E-state index contributed by atoms with van der Waals surface area (Å²) in [5.41, 5.74) is 2.09. The maximum atomic E-state index is 12.1. The Morgan fingerprint density at radius 2 is 2.00 bits per heavy atom. The number of fused-ring (bicyclic) bond motifs is 1. The van der Waals surface area contributed by atoms with Crippen LogP contribution in [0.15, 0.2) is 42.5 Å². The minimum atomic E-state index is -0.0268. The second-order valence-corrected chi connectivity index (χ2v) is 6.32. The average Bonchev–Trinajstić information content (AvgIpc) is 3.09. The molecule has 0 aromatic heterocycles. The Morgan fingerprint density at radius 3 is 2.85 bits per heavy atom. The maximum Gasteiger partial charge on any atom is 0.234 e. The van der Waals surface area contributed by atoms with Crippen molar-refractivity contribution in [3.05, 3.63) is 53.6 Å². The number of amides is 1. The van der Waals surface area contributed by atoms with Gasteiger partial charge in [0.15, 0.2) is 11.5 Å². The van der Waals surface area contributed by atoms with Crippen molar-refractivity contribution in [1.82, 2.24) is 10.2 Å². The van der Waals surface area contributed by atoms with Crippen molar-refractivity contribution in [3.63, 3.8) is 0 Å². The van der Waals surface area contributed by atoms with Crippen LogP contribution in [0.25, 0.3) is 0 Å². The predicted octanol–water partition coefficient (Wildman–Crippen LogP) is 2.35. The normalized spacial score (nSPS) is 12.3. The van der Waals surface area contributed by atoms with Crippen LogP contribution in [0, 0.1) is 6.92 Å². The zero-order valence-corrected chi connectivity index (χ0v) is 15.2. The fourth-order valence-electron chi connectivity index (χ4n) is 2.66. The van der Waals surface area contributed by atoms with Gasteiger partial charge in [0.05, 0.1) is 6.54 Å². The smallest absolute Gasteiger partial charge is 0.234 e. The quantitative estimate of drug-likeness (QED) is 0.787. The molecular weight excluding hydrogens is 332 g/mol. The molecule has 26 heavy (non-hydrogen) atoms. The average molecular weight is 356 g/mol. The number of hydrogen-bond donors (Lipinski definition) is 1. The summed E-state index contributed by atoms with van der Waals surface area (Å²) in [4.78, 5) is 14.0. The lowest BCUT2D eigenvalue weighted by Gasteiger charge is -2.17. The maximum absolute atomic E-state index is 12.1. The minimum Gasteiger partial charge on any atom is -0.492 e. The monoisotopic (exact) mass is 356 g/mol. The first kappa shape index (κ1) is 18.1. The zero-order chi connectivity index (χ0) is 18.4. The van der Waals surface area contributed by atoms with Gasteiger partial charge in [-0.05, 0) is 43.3 Å². The summed E-state index contributed by atoms with van der Waals surface area (Å²) >= 11 is 0. The molecule has 0 bridgehead atoms. The van der Waals surface area contributed by atoms with Gasteiger partial charge in [-0.15, -0.1) is 0 Å². The van der Waals surface area contributed by atoms with E-state index in [1.807, 2.05) is 61.3 Å². The summed E-state index contributed by atoms with van der Waals surface area (Å²) in [5, 5.41) is 2.92. The molecule has 0 radical (unpaired) electrons. The molecule has 3 rings (SSSR count). The number of likely N-dealkylation sites (N-methyl/N-ethyl adjacent to an activating group) is 1. The summed E-state index contributed by atoms with van der Waals surface area (Å²) in [6, 6.07) is 13.6. The third-order valence-corrected chi connectivity index (χ3v) is 4.16. The molecule has 0 aliphatic carbocycles. The Hall–Kier alpha value is -2.73. The third-order valence-electron chi connectivity index (χ3n) is 4.16. The molecule has 1 N–H and O–H groups in total. The molecule has 0 fully saturated rings. The number of benzene rings is 2. The van der Waals surface area contributed by atoms with Crippen LogP contribution >= 0.6 is 0 Å². The predicted molar refractivity (Wildman–Crippen MR) is 98.6 cm³/mol. The van der Waals surface area contributed by atoms with Gasteiger partial charge in [0.1, 0.15) is 12.4 Å². The second-order valence-electron chi connectivity index (χ2n) is 6.32. The van der Waals surface area contributed by atoms with E-state index in [1.165, 1.54) is 0 Å². The number of nitrogens with zero attached hydrogens (tertiary/aromatic N) is 1. The molecule has 0 atom stereocenters. The van der Waals surface area contributed by atoms with Crippen LogP contribution in [0.3, 0.4) is 0 Å². The summed E-state index contributed by atoms with van der Waals surface area (Å²) in [6.45, 7) is 4.26. The Bertz CT molecular complexity index is 763. The lowest BCUT2D eigenvalue weighted by molar-refractivity contribution is -0.122. The van der Waals surface area contributed by atoms with Crippen molar-refractivity contribution >= 4 is 5.91 Å². The molecule has 1 amide bonds. The van der Waals surface area contributed by atoms with E-state index < -0.39 is 0 Å². The van der Waals surface area contributed by atoms with Crippen LogP contribution < -0.4 is 19.5 Å². The first-order valence-electron chi connectivity index (χ1n) is 8.64. The van der Waals surface area contributed by atoms with E-state index in [4.69, 9.17) is 14.2 Å². The third kappa shape index (κ3) is 4.89. The highest BCUT2D eigenvalue weighted by Crippen LogP contribution is 2.32. The Morgan fingerprint density at radius 1 is 1.19 bits per heavy atom. The van der Waals surface area contributed by atoms with Crippen LogP contribution in [0.4, 0.5) is 0 Å². The molecule has 1 aliphatic heterocycles. The number of para-hydroxylation sites is 1. The molecule has 0 saturated carbocycles. The Labute approximate surface area is 153 Å². The first-order valence-corrected chi connectivity index (χ1v) is 8.64. The highest BCUT2D eigenvalue weighted by molar-refractivity contribution is 5.78. The van der Waals surface area contributed by atoms with Crippen LogP contribution in [-0.2, 0) is 11.3 Å². The molecule has 1 aliphatic rings. The van der Waals surface area contributed by atoms with Crippen molar-refractivity contribution in [3.8, 4) is 17.2 Å². The summed E-state index contributed by atoms with van der Waals surface area (Å²) < 4.78 is 16.4. The molecule has 0 unspecified atom stereocenters. The van der Waals surface area contributed by atoms with Crippen LogP contribution in [0.2, 0.25) is 0 Å². The Balaban J connectivity index is 1.37. The molecule has 0 spiro atoms. The Kier molecular flexibility index (Phi) is 5.96. The largest absolute Gasteiger partial charge is 0.492 e. The lowest BCUT2D eigenvalue weighted by atomic mass is 10.2. The van der Waals surface area contributed by atoms with Gasteiger partial charge in [-0.2, -0.15) is 0 Å². The van der Waals surface area contributed by atoms with E-state index in [2.05, 4.69) is 5.32 Å². The molecular formula is C20H24N2O4. The summed E-state index contributed by atoms with van der Waals surface area (Å²) in [7, 11) is 1.90. The van der Waals surface area contributed by atoms with Crippen molar-refractivity contribution in [2.45, 2.75) is 13.5 Å². The first-order chi connectivity index (χ1) is 12.6. The molecule has 1 heterocycles. The van der Waals surface area contributed by atoms with Crippen LogP contribution in [0.5, 0.6) is 17.2 Å². The van der Waals surface area contributed by atoms with Crippen LogP contribution in [0.1, 0.15) is 11.1 Å². The zero-order valence-electron chi connectivity index (χ0n) is 15.2. The number of rotatable bonds is 8. The highest BCUT2D eigenvalue weighted by Gasteiger charge is 2.13. The second kappa shape index (κ2) is 8.58. The SMILES string of the molecule is Cc1ccccc1OCCN(C)CC(=O)NCc1ccc2c(c1)OCO2. The standard InChI is InChI=1S/C20H24N2O4/c1-15-5-3-4-6-17(15)24-10-9-22(2)13-20(23)21-12-16-7-8-18-19(11-16)26-14-25-18/h3-8,11H,9-10,12-14H2,1-2H3,(H,21,23). The van der Waals surface area contributed by atoms with E-state index >= 15 is 0 Å². The van der Waals surface area contributed by atoms with Crippen molar-refractivity contribution < 1.29 is 19.0 Å². The van der Waals surface area contributed by atoms with Gasteiger partial charge in [0.2, 0.25) is 12.7 Å². The van der Waals surface area contributed by atoms with Gasteiger partial charge in [-0.1, -0.05) is 24.3 Å². The summed E-state index contributed by atoms with van der Waals surface area (Å²) in [5.74, 6) is 2.32. The molecule has 2 aromatic rings. The van der Waals surface area contributed by atoms with Gasteiger partial charge < -0.3 is 19.5 Å². The summed E-state index contributed by atoms with van der Waals surface area (Å²) in [6.07, 6.45) is 0. The topological polar surface area (TPSA) is 60.0 Å². The fraction of sp³-hybridized carbons (Fsp3) is 0.350. The number of nitrogens with one attached hydrogen (secondary N) is 1. The van der Waals surface area contributed by atoms with Gasteiger partial charge in [0, 0.05) is 13.1 Å². The molecule has 138 valence electrons. The van der Waals surface area contributed by atoms with Gasteiger partial charge >= 0.3 is 0 Å². The van der Waals surface area contributed by atoms with E-state index in [9.17, 15) is 4.79 Å². The van der Waals surface area contributed by atoms with E-state index in [1.54, 1.807) is 0 Å². The van der Waals surface area contributed by atoms with Crippen molar-refractivity contribution in [2.75, 3.05) is 33.5 Å². The lowest BCUT2D eigenvalue weighted by Crippen LogP contribution is -2.36. The van der Waals surface area contributed by atoms with Gasteiger partial charge in [0.25, 0.3) is 0 Å². The van der Waals surface area contributed by atoms with E-state index in [0.29, 0.717) is 26.2 Å². The van der Waals surface area contributed by atoms with Gasteiger partial charge in [-0.3, -0.25) is 9.69 Å². The molecule has 2 aromatic carbocycles. The highest BCUT2D eigenvalue weighted by atomic mass is 16.7. The number of ether oxygens (including phenoxy) is 3. The molecule has 6 nitrogen and oxygen atoms in total. The van der Waals surface area contributed by atoms with Crippen molar-refractivity contribution in [2.24, 2.45) is 0 Å².